The summed E-state index contributed by atoms with van der Waals surface area (Å²) in [5, 5.41) is -0.0510. The Kier molecular flexibility index (Phi) is 6.23. The maximum atomic E-state index is 13.9. The second kappa shape index (κ2) is 9.60. The summed E-state index contributed by atoms with van der Waals surface area (Å²) in [7, 11) is 0. The predicted molar refractivity (Wildman–Crippen MR) is 134 cm³/mol. The lowest BCUT2D eigenvalue weighted by molar-refractivity contribution is 0.0884. The van der Waals surface area contributed by atoms with Gasteiger partial charge in [-0.15, -0.1) is 11.8 Å². The lowest BCUT2D eigenvalue weighted by Gasteiger charge is -2.24. The summed E-state index contributed by atoms with van der Waals surface area (Å²) < 4.78 is 0. The van der Waals surface area contributed by atoms with E-state index in [0.29, 0.717) is 17.5 Å². The number of carbonyl (C=O) groups excluding carboxylic acids is 2. The van der Waals surface area contributed by atoms with E-state index >= 15 is 0 Å². The Bertz CT molecular complexity index is 1250. The van der Waals surface area contributed by atoms with Crippen LogP contribution in [-0.4, -0.2) is 11.6 Å². The highest BCUT2D eigenvalue weighted by Gasteiger charge is 2.46. The average molecular weight is 449 g/mol. The van der Waals surface area contributed by atoms with Gasteiger partial charge in [0, 0.05) is 39.5 Å². The third-order valence-corrected chi connectivity index (χ3v) is 7.68. The van der Waals surface area contributed by atoms with Crippen molar-refractivity contribution >= 4 is 23.3 Å². The van der Waals surface area contributed by atoms with Crippen molar-refractivity contribution in [1.29, 1.82) is 0 Å². The van der Waals surface area contributed by atoms with Crippen molar-refractivity contribution in [1.82, 2.24) is 0 Å². The molecule has 4 aromatic carbocycles. The molecule has 3 heteroatoms. The number of hydrogen-bond donors (Lipinski definition) is 0. The summed E-state index contributed by atoms with van der Waals surface area (Å²) in [4.78, 5) is 28.3. The number of carbonyl (C=O) groups is 2. The molecule has 2 nitrogen and oxygen atoms in total. The number of benzene rings is 4. The molecule has 33 heavy (non-hydrogen) atoms. The van der Waals surface area contributed by atoms with E-state index in [9.17, 15) is 9.59 Å². The van der Waals surface area contributed by atoms with Crippen molar-refractivity contribution in [2.24, 2.45) is 5.92 Å². The van der Waals surface area contributed by atoms with E-state index in [-0.39, 0.29) is 28.7 Å². The van der Waals surface area contributed by atoms with Gasteiger partial charge < -0.3 is 0 Å². The van der Waals surface area contributed by atoms with Crippen molar-refractivity contribution in [2.45, 2.75) is 22.5 Å². The van der Waals surface area contributed by atoms with E-state index in [1.54, 1.807) is 11.8 Å². The standard InChI is InChI=1S/C30H24O2S/c31-27(21-12-4-1-5-13-21)20-26-24-18-10-11-19-25(24)30(33-23-16-8-3-9-17-23)28(26)29(32)22-14-6-2-7-15-22/h1-19,26,28,30H,20H2/t26-,28-,30+/m0/s1. The van der Waals surface area contributed by atoms with Crippen LogP contribution in [0.3, 0.4) is 0 Å². The molecular weight excluding hydrogens is 424 g/mol. The largest absolute Gasteiger partial charge is 0.294 e. The minimum Gasteiger partial charge on any atom is -0.294 e. The number of fused-ring (bicyclic) bond motifs is 1. The Hall–Kier alpha value is -3.43. The van der Waals surface area contributed by atoms with E-state index in [4.69, 9.17) is 0 Å². The lowest BCUT2D eigenvalue weighted by Crippen LogP contribution is -2.24. The first-order chi connectivity index (χ1) is 16.2. The molecule has 1 aliphatic rings. The Morgan fingerprint density at radius 1 is 0.606 bits per heavy atom. The van der Waals surface area contributed by atoms with Crippen LogP contribution in [0.2, 0.25) is 0 Å². The second-order valence-electron chi connectivity index (χ2n) is 8.34. The average Bonchev–Trinajstić information content (AvgIpc) is 3.18. The first-order valence-corrected chi connectivity index (χ1v) is 12.1. The van der Waals surface area contributed by atoms with Crippen LogP contribution in [0, 0.1) is 5.92 Å². The molecule has 162 valence electrons. The molecule has 0 radical (unpaired) electrons. The van der Waals surface area contributed by atoms with Crippen LogP contribution in [0.4, 0.5) is 0 Å². The Morgan fingerprint density at radius 2 is 1.12 bits per heavy atom. The molecule has 3 atom stereocenters. The lowest BCUT2D eigenvalue weighted by atomic mass is 9.82. The fraction of sp³-hybridized carbons (Fsp3) is 0.133. The minimum absolute atomic E-state index is 0.0510. The maximum Gasteiger partial charge on any atom is 0.168 e. The molecule has 0 bridgehead atoms. The zero-order valence-corrected chi connectivity index (χ0v) is 19.0. The summed E-state index contributed by atoms with van der Waals surface area (Å²) >= 11 is 1.72. The monoisotopic (exact) mass is 448 g/mol. The van der Waals surface area contributed by atoms with Crippen LogP contribution >= 0.6 is 11.8 Å². The van der Waals surface area contributed by atoms with Crippen LogP contribution in [0.5, 0.6) is 0 Å². The van der Waals surface area contributed by atoms with E-state index in [1.165, 1.54) is 0 Å². The van der Waals surface area contributed by atoms with Gasteiger partial charge in [0.25, 0.3) is 0 Å². The number of rotatable bonds is 7. The van der Waals surface area contributed by atoms with Crippen LogP contribution in [0.1, 0.15) is 49.4 Å². The van der Waals surface area contributed by atoms with Crippen LogP contribution < -0.4 is 0 Å². The zero-order valence-electron chi connectivity index (χ0n) is 18.1. The SMILES string of the molecule is O=C(C[C@H]1c2ccccc2[C@@H](Sc2ccccc2)[C@@H]1C(=O)c1ccccc1)c1ccccc1. The topological polar surface area (TPSA) is 34.1 Å². The highest BCUT2D eigenvalue weighted by atomic mass is 32.2. The molecular formula is C30H24O2S. The summed E-state index contributed by atoms with van der Waals surface area (Å²) in [5.41, 5.74) is 3.67. The number of thioether (sulfide) groups is 1. The van der Waals surface area contributed by atoms with Gasteiger partial charge in [0.2, 0.25) is 0 Å². The van der Waals surface area contributed by atoms with E-state index in [0.717, 1.165) is 16.0 Å². The quantitative estimate of drug-likeness (QED) is 0.276. The molecule has 0 amide bonds. The third-order valence-electron chi connectivity index (χ3n) is 6.33. The number of Topliss-reactive ketones (excluding diaryl/α,β-unsaturated/α-hetero) is 2. The van der Waals surface area contributed by atoms with Crippen molar-refractivity contribution < 1.29 is 9.59 Å². The number of hydrogen-bond acceptors (Lipinski definition) is 3. The molecule has 0 fully saturated rings. The van der Waals surface area contributed by atoms with E-state index < -0.39 is 0 Å². The Labute approximate surface area is 198 Å². The molecule has 0 aliphatic heterocycles. The van der Waals surface area contributed by atoms with Crippen molar-refractivity contribution in [3.63, 3.8) is 0 Å². The van der Waals surface area contributed by atoms with Gasteiger partial charge in [0.05, 0.1) is 0 Å². The second-order valence-corrected chi connectivity index (χ2v) is 9.55. The van der Waals surface area contributed by atoms with Gasteiger partial charge in [0.1, 0.15) is 0 Å². The molecule has 0 N–H and O–H groups in total. The van der Waals surface area contributed by atoms with E-state index in [1.807, 2.05) is 91.0 Å². The Morgan fingerprint density at radius 3 is 1.76 bits per heavy atom. The fourth-order valence-corrected chi connectivity index (χ4v) is 6.19. The Balaban J connectivity index is 1.57. The van der Waals surface area contributed by atoms with Crippen molar-refractivity contribution in [3.05, 3.63) is 138 Å². The predicted octanol–water partition coefficient (Wildman–Crippen LogP) is 7.39. The molecule has 0 heterocycles. The van der Waals surface area contributed by atoms with Gasteiger partial charge in [-0.2, -0.15) is 0 Å². The van der Waals surface area contributed by atoms with Crippen molar-refractivity contribution in [3.8, 4) is 0 Å². The highest BCUT2D eigenvalue weighted by Crippen LogP contribution is 2.56. The van der Waals surface area contributed by atoms with Gasteiger partial charge in [0.15, 0.2) is 11.6 Å². The molecule has 0 aromatic heterocycles. The van der Waals surface area contributed by atoms with Gasteiger partial charge in [-0.05, 0) is 23.3 Å². The highest BCUT2D eigenvalue weighted by molar-refractivity contribution is 7.99. The molecule has 5 rings (SSSR count). The van der Waals surface area contributed by atoms with Gasteiger partial charge in [-0.3, -0.25) is 9.59 Å². The first-order valence-electron chi connectivity index (χ1n) is 11.2. The maximum absolute atomic E-state index is 13.9. The fourth-order valence-electron chi connectivity index (χ4n) is 4.78. The van der Waals surface area contributed by atoms with Gasteiger partial charge in [-0.1, -0.05) is 103 Å². The summed E-state index contributed by atoms with van der Waals surface area (Å²) in [6.45, 7) is 0. The molecule has 0 unspecified atom stereocenters. The zero-order chi connectivity index (χ0) is 22.6. The normalized spacial score (nSPS) is 19.1. The molecule has 4 aromatic rings. The molecule has 0 saturated heterocycles. The van der Waals surface area contributed by atoms with Gasteiger partial charge in [-0.25, -0.2) is 0 Å². The van der Waals surface area contributed by atoms with Gasteiger partial charge >= 0.3 is 0 Å². The van der Waals surface area contributed by atoms with Crippen LogP contribution in [0.15, 0.2) is 120 Å². The van der Waals surface area contributed by atoms with Crippen molar-refractivity contribution in [2.75, 3.05) is 0 Å². The first kappa shape index (κ1) is 21.4. The minimum atomic E-state index is -0.317. The molecule has 0 saturated carbocycles. The molecule has 1 aliphatic carbocycles. The van der Waals surface area contributed by atoms with Crippen LogP contribution in [0.25, 0.3) is 0 Å². The summed E-state index contributed by atoms with van der Waals surface area (Å²) in [6, 6.07) is 37.3. The van der Waals surface area contributed by atoms with E-state index in [2.05, 4.69) is 24.3 Å². The molecule has 0 spiro atoms. The summed E-state index contributed by atoms with van der Waals surface area (Å²) in [6.07, 6.45) is 0.316. The number of ketones is 2. The summed E-state index contributed by atoms with van der Waals surface area (Å²) in [5.74, 6) is -0.303. The smallest absolute Gasteiger partial charge is 0.168 e. The van der Waals surface area contributed by atoms with Crippen LogP contribution in [-0.2, 0) is 0 Å². The third kappa shape index (κ3) is 4.42.